The van der Waals surface area contributed by atoms with E-state index in [2.05, 4.69) is 26.2 Å². The van der Waals surface area contributed by atoms with E-state index in [4.69, 9.17) is 14.5 Å². The van der Waals surface area contributed by atoms with Crippen LogP contribution in [0.5, 0.6) is 11.5 Å². The number of hydrogen-bond donors (Lipinski definition) is 1. The monoisotopic (exact) mass is 426 g/mol. The van der Waals surface area contributed by atoms with Crippen molar-refractivity contribution in [1.82, 2.24) is 14.9 Å². The summed E-state index contributed by atoms with van der Waals surface area (Å²) in [4.78, 5) is 28.5. The van der Waals surface area contributed by atoms with Crippen molar-refractivity contribution in [2.75, 3.05) is 68.6 Å². The van der Waals surface area contributed by atoms with Gasteiger partial charge < -0.3 is 29.5 Å². The van der Waals surface area contributed by atoms with Crippen LogP contribution in [-0.4, -0.2) is 74.4 Å². The summed E-state index contributed by atoms with van der Waals surface area (Å²) in [7, 11) is 3.16. The van der Waals surface area contributed by atoms with Gasteiger partial charge in [-0.15, -0.1) is 0 Å². The average Bonchev–Trinajstić information content (AvgIpc) is 3.34. The molecular formula is C22H30N6O3. The van der Waals surface area contributed by atoms with Gasteiger partial charge in [0.2, 0.25) is 5.95 Å². The summed E-state index contributed by atoms with van der Waals surface area (Å²) in [6.45, 7) is 6.73. The third-order valence-electron chi connectivity index (χ3n) is 5.74. The van der Waals surface area contributed by atoms with Crippen LogP contribution in [0.15, 0.2) is 24.3 Å². The van der Waals surface area contributed by atoms with Crippen LogP contribution in [-0.2, 0) is 0 Å². The number of urea groups is 1. The highest BCUT2D eigenvalue weighted by molar-refractivity contribution is 5.90. The Morgan fingerprint density at radius 2 is 1.61 bits per heavy atom. The number of carbonyl (C=O) groups excluding carboxylic acids is 1. The molecule has 166 valence electrons. The second-order valence-corrected chi connectivity index (χ2v) is 7.84. The van der Waals surface area contributed by atoms with Crippen molar-refractivity contribution in [3.8, 4) is 11.5 Å². The molecule has 0 unspecified atom stereocenters. The highest BCUT2D eigenvalue weighted by atomic mass is 16.5. The van der Waals surface area contributed by atoms with E-state index in [1.807, 2.05) is 11.8 Å². The number of anilines is 3. The van der Waals surface area contributed by atoms with Crippen LogP contribution in [0.4, 0.5) is 22.2 Å². The van der Waals surface area contributed by atoms with Gasteiger partial charge >= 0.3 is 6.03 Å². The van der Waals surface area contributed by atoms with Crippen LogP contribution in [0.2, 0.25) is 0 Å². The molecule has 0 aliphatic carbocycles. The van der Waals surface area contributed by atoms with Crippen LogP contribution in [0.25, 0.3) is 0 Å². The Bertz CT molecular complexity index is 923. The van der Waals surface area contributed by atoms with Gasteiger partial charge in [0.15, 0.2) is 11.5 Å². The summed E-state index contributed by atoms with van der Waals surface area (Å²) < 4.78 is 10.6. The Morgan fingerprint density at radius 1 is 0.903 bits per heavy atom. The molecule has 0 atom stereocenters. The maximum absolute atomic E-state index is 12.7. The zero-order valence-corrected chi connectivity index (χ0v) is 18.4. The van der Waals surface area contributed by atoms with Gasteiger partial charge in [0, 0.05) is 62.8 Å². The number of aryl methyl sites for hydroxylation is 1. The van der Waals surface area contributed by atoms with E-state index in [9.17, 15) is 4.79 Å². The fourth-order valence-electron chi connectivity index (χ4n) is 4.01. The molecule has 0 saturated carbocycles. The number of aromatic nitrogens is 2. The van der Waals surface area contributed by atoms with Crippen molar-refractivity contribution in [3.63, 3.8) is 0 Å². The molecule has 2 amide bonds. The summed E-state index contributed by atoms with van der Waals surface area (Å²) in [5.41, 5.74) is 1.64. The van der Waals surface area contributed by atoms with Crippen LogP contribution < -0.4 is 24.6 Å². The minimum absolute atomic E-state index is 0.130. The highest BCUT2D eigenvalue weighted by Gasteiger charge is 2.24. The molecule has 1 N–H and O–H groups in total. The summed E-state index contributed by atoms with van der Waals surface area (Å²) in [5.74, 6) is 2.96. The first-order valence-corrected chi connectivity index (χ1v) is 10.7. The summed E-state index contributed by atoms with van der Waals surface area (Å²) in [6, 6.07) is 7.26. The van der Waals surface area contributed by atoms with Gasteiger partial charge in [0.25, 0.3) is 0 Å². The van der Waals surface area contributed by atoms with Gasteiger partial charge in [-0.2, -0.15) is 4.98 Å². The van der Waals surface area contributed by atoms with Crippen molar-refractivity contribution >= 4 is 23.5 Å². The molecule has 2 fully saturated rings. The molecular weight excluding hydrogens is 396 g/mol. The number of methoxy groups -OCH3 is 2. The van der Waals surface area contributed by atoms with Crippen molar-refractivity contribution in [3.05, 3.63) is 30.0 Å². The zero-order chi connectivity index (χ0) is 21.8. The summed E-state index contributed by atoms with van der Waals surface area (Å²) in [5, 5.41) is 2.94. The topological polar surface area (TPSA) is 83.1 Å². The van der Waals surface area contributed by atoms with Crippen molar-refractivity contribution in [2.45, 2.75) is 19.8 Å². The molecule has 31 heavy (non-hydrogen) atoms. The Labute approximate surface area is 183 Å². The third kappa shape index (κ3) is 4.76. The number of hydrogen-bond acceptors (Lipinski definition) is 7. The minimum Gasteiger partial charge on any atom is -0.493 e. The molecule has 2 saturated heterocycles. The zero-order valence-electron chi connectivity index (χ0n) is 18.4. The predicted octanol–water partition coefficient (Wildman–Crippen LogP) is 2.76. The molecule has 0 radical (unpaired) electrons. The van der Waals surface area contributed by atoms with Crippen LogP contribution in [0.3, 0.4) is 0 Å². The summed E-state index contributed by atoms with van der Waals surface area (Å²) in [6.07, 6.45) is 2.43. The number of rotatable bonds is 5. The Balaban J connectivity index is 1.37. The number of benzene rings is 1. The molecule has 0 spiro atoms. The molecule has 1 aromatic heterocycles. The molecule has 2 aliphatic rings. The Kier molecular flexibility index (Phi) is 6.29. The number of amides is 2. The number of ether oxygens (including phenoxy) is 2. The Hall–Kier alpha value is -3.23. The molecule has 9 nitrogen and oxygen atoms in total. The third-order valence-corrected chi connectivity index (χ3v) is 5.74. The largest absolute Gasteiger partial charge is 0.493 e. The van der Waals surface area contributed by atoms with Crippen LogP contribution in [0, 0.1) is 6.92 Å². The molecule has 2 aliphatic heterocycles. The maximum Gasteiger partial charge on any atom is 0.321 e. The predicted molar refractivity (Wildman–Crippen MR) is 121 cm³/mol. The standard InChI is InChI=1S/C22H30N6O3/c1-16-14-20(26-8-4-5-9-26)25-21(23-16)27-10-12-28(13-11-27)22(29)24-17-6-7-18(30-2)19(15-17)31-3/h6-7,14-15H,4-5,8-13H2,1-3H3,(H,24,29). The molecule has 3 heterocycles. The van der Waals surface area contributed by atoms with Crippen LogP contribution in [0.1, 0.15) is 18.5 Å². The average molecular weight is 427 g/mol. The first-order valence-electron chi connectivity index (χ1n) is 10.7. The van der Waals surface area contributed by atoms with Gasteiger partial charge in [-0.1, -0.05) is 0 Å². The van der Waals surface area contributed by atoms with E-state index in [1.54, 1.807) is 32.4 Å². The fourth-order valence-corrected chi connectivity index (χ4v) is 4.01. The highest BCUT2D eigenvalue weighted by Crippen LogP contribution is 2.30. The number of nitrogens with zero attached hydrogens (tertiary/aromatic N) is 5. The maximum atomic E-state index is 12.7. The minimum atomic E-state index is -0.130. The van der Waals surface area contributed by atoms with E-state index in [0.717, 1.165) is 30.5 Å². The Morgan fingerprint density at radius 3 is 2.29 bits per heavy atom. The lowest BCUT2D eigenvalue weighted by atomic mass is 10.2. The lowest BCUT2D eigenvalue weighted by Gasteiger charge is -2.35. The lowest BCUT2D eigenvalue weighted by molar-refractivity contribution is 0.208. The van der Waals surface area contributed by atoms with Gasteiger partial charge in [-0.25, -0.2) is 9.78 Å². The van der Waals surface area contributed by atoms with Gasteiger partial charge in [-0.3, -0.25) is 0 Å². The lowest BCUT2D eigenvalue weighted by Crippen LogP contribution is -2.50. The molecule has 0 bridgehead atoms. The molecule has 2 aromatic rings. The number of piperazine rings is 1. The van der Waals surface area contributed by atoms with Crippen molar-refractivity contribution in [2.24, 2.45) is 0 Å². The second kappa shape index (κ2) is 9.28. The normalized spacial score (nSPS) is 16.4. The van der Waals surface area contributed by atoms with E-state index in [-0.39, 0.29) is 6.03 Å². The molecule has 9 heteroatoms. The van der Waals surface area contributed by atoms with E-state index >= 15 is 0 Å². The van der Waals surface area contributed by atoms with Crippen LogP contribution >= 0.6 is 0 Å². The van der Waals surface area contributed by atoms with E-state index in [0.29, 0.717) is 43.4 Å². The van der Waals surface area contributed by atoms with Gasteiger partial charge in [0.1, 0.15) is 5.82 Å². The van der Waals surface area contributed by atoms with Crippen molar-refractivity contribution < 1.29 is 14.3 Å². The van der Waals surface area contributed by atoms with Gasteiger partial charge in [0.05, 0.1) is 14.2 Å². The quantitative estimate of drug-likeness (QED) is 0.787. The van der Waals surface area contributed by atoms with E-state index in [1.165, 1.54) is 12.8 Å². The van der Waals surface area contributed by atoms with Gasteiger partial charge in [-0.05, 0) is 31.9 Å². The van der Waals surface area contributed by atoms with Crippen molar-refractivity contribution in [1.29, 1.82) is 0 Å². The second-order valence-electron chi connectivity index (χ2n) is 7.84. The number of carbonyl (C=O) groups is 1. The first kappa shape index (κ1) is 21.0. The summed E-state index contributed by atoms with van der Waals surface area (Å²) >= 11 is 0. The number of nitrogens with one attached hydrogen (secondary N) is 1. The molecule has 1 aromatic carbocycles. The van der Waals surface area contributed by atoms with E-state index < -0.39 is 0 Å². The smallest absolute Gasteiger partial charge is 0.321 e. The first-order chi connectivity index (χ1) is 15.1. The SMILES string of the molecule is COc1ccc(NC(=O)N2CCN(c3nc(C)cc(N4CCCC4)n3)CC2)cc1OC. The fraction of sp³-hybridized carbons (Fsp3) is 0.500. The molecule has 4 rings (SSSR count).